The van der Waals surface area contributed by atoms with Crippen molar-refractivity contribution in [2.75, 3.05) is 5.32 Å². The summed E-state index contributed by atoms with van der Waals surface area (Å²) in [6, 6.07) is 14.2. The number of halogens is 1. The second-order valence-electron chi connectivity index (χ2n) is 10.8. The molecule has 0 spiro atoms. The molecule has 1 amide bonds. The lowest BCUT2D eigenvalue weighted by atomic mass is 9.92. The topological polar surface area (TPSA) is 112 Å². The average molecular weight is 520 g/mol. The van der Waals surface area contributed by atoms with Crippen molar-refractivity contribution < 1.29 is 9.18 Å². The number of nitrogens with zero attached hydrogens (tertiary/aromatic N) is 4. The van der Waals surface area contributed by atoms with Gasteiger partial charge in [-0.05, 0) is 52.9 Å². The maximum absolute atomic E-state index is 13.9. The van der Waals surface area contributed by atoms with E-state index in [0.29, 0.717) is 23.4 Å². The summed E-state index contributed by atoms with van der Waals surface area (Å²) in [4.78, 5) is 29.1. The number of carbonyl (C=O) groups is 1. The third-order valence-electron chi connectivity index (χ3n) is 6.39. The Bertz CT molecular complexity index is 1850. The number of aromatic amines is 2. The van der Waals surface area contributed by atoms with Crippen molar-refractivity contribution in [3.63, 3.8) is 0 Å². The molecule has 6 rings (SSSR count). The maximum Gasteiger partial charge on any atom is 0.224 e. The van der Waals surface area contributed by atoms with Crippen molar-refractivity contribution in [1.29, 1.82) is 0 Å². The van der Waals surface area contributed by atoms with E-state index >= 15 is 0 Å². The Morgan fingerprint density at radius 2 is 1.79 bits per heavy atom. The van der Waals surface area contributed by atoms with E-state index in [1.54, 1.807) is 30.9 Å². The fraction of sp³-hybridized carbons (Fsp3) is 0.167. The van der Waals surface area contributed by atoms with Gasteiger partial charge in [-0.3, -0.25) is 14.9 Å². The van der Waals surface area contributed by atoms with Crippen LogP contribution in [0.25, 0.3) is 55.7 Å². The lowest BCUT2D eigenvalue weighted by Crippen LogP contribution is -2.19. The number of H-pyrrole nitrogens is 2. The van der Waals surface area contributed by atoms with Gasteiger partial charge in [-0.2, -0.15) is 5.10 Å². The van der Waals surface area contributed by atoms with Crippen molar-refractivity contribution in [2.45, 2.75) is 27.2 Å². The molecule has 5 aromatic heterocycles. The van der Waals surface area contributed by atoms with Crippen LogP contribution in [0.2, 0.25) is 0 Å². The molecule has 0 aliphatic heterocycles. The normalized spacial score (nSPS) is 11.8. The summed E-state index contributed by atoms with van der Waals surface area (Å²) in [5, 5.41) is 12.1. The number of fused-ring (bicyclic) bond motifs is 2. The summed E-state index contributed by atoms with van der Waals surface area (Å²) in [7, 11) is 0. The van der Waals surface area contributed by atoms with Crippen LogP contribution in [-0.4, -0.2) is 36.0 Å². The Hall–Kier alpha value is -4.92. The van der Waals surface area contributed by atoms with Gasteiger partial charge in [0, 0.05) is 46.9 Å². The molecule has 5 heterocycles. The molecule has 0 saturated heterocycles. The molecule has 6 aromatic rings. The number of rotatable bonds is 5. The molecule has 0 bridgehead atoms. The maximum atomic E-state index is 13.9. The van der Waals surface area contributed by atoms with Crippen LogP contribution in [0.3, 0.4) is 0 Å². The lowest BCUT2D eigenvalue weighted by molar-refractivity contribution is -0.117. The van der Waals surface area contributed by atoms with Crippen molar-refractivity contribution in [2.24, 2.45) is 5.41 Å². The first-order chi connectivity index (χ1) is 18.7. The third kappa shape index (κ3) is 4.98. The van der Waals surface area contributed by atoms with Crippen molar-refractivity contribution in [3.05, 3.63) is 79.1 Å². The smallest absolute Gasteiger partial charge is 0.224 e. The van der Waals surface area contributed by atoms with Gasteiger partial charge in [0.25, 0.3) is 0 Å². The van der Waals surface area contributed by atoms with Crippen LogP contribution in [0.15, 0.2) is 73.3 Å². The Kier molecular flexibility index (Phi) is 5.91. The van der Waals surface area contributed by atoms with Crippen molar-refractivity contribution in [3.8, 4) is 33.6 Å². The molecule has 0 saturated carbocycles. The predicted octanol–water partition coefficient (Wildman–Crippen LogP) is 6.74. The fourth-order valence-corrected chi connectivity index (χ4v) is 4.69. The van der Waals surface area contributed by atoms with Crippen molar-refractivity contribution >= 4 is 33.7 Å². The van der Waals surface area contributed by atoms with Gasteiger partial charge >= 0.3 is 0 Å². The Morgan fingerprint density at radius 3 is 2.62 bits per heavy atom. The summed E-state index contributed by atoms with van der Waals surface area (Å²) in [6.45, 7) is 6.07. The molecule has 0 aliphatic rings. The van der Waals surface area contributed by atoms with Gasteiger partial charge < -0.3 is 10.3 Å². The first-order valence-electron chi connectivity index (χ1n) is 12.6. The molecule has 9 heteroatoms. The van der Waals surface area contributed by atoms with Crippen LogP contribution in [0.5, 0.6) is 0 Å². The molecule has 8 nitrogen and oxygen atoms in total. The number of hydrogen-bond acceptors (Lipinski definition) is 5. The molecule has 39 heavy (non-hydrogen) atoms. The zero-order valence-electron chi connectivity index (χ0n) is 21.7. The standard InChI is InChI=1S/C30H26FN7O/c1-30(2,3)13-26(39)35-21-10-18(14-32-16-21)19-11-24-27(37-38-29(24)34-15-19)25-12-23-22(7-8-33-28(23)36-25)17-5-4-6-20(31)9-17/h4-12,14-16H,13H2,1-3H3,(H,33,36)(H,35,39)(H,34,37,38). The first-order valence-corrected chi connectivity index (χ1v) is 12.6. The molecule has 3 N–H and O–H groups in total. The van der Waals surface area contributed by atoms with Gasteiger partial charge in [0.2, 0.25) is 5.91 Å². The Balaban J connectivity index is 1.37. The van der Waals surface area contributed by atoms with E-state index in [1.807, 2.05) is 51.1 Å². The summed E-state index contributed by atoms with van der Waals surface area (Å²) in [6.07, 6.45) is 7.21. The number of hydrogen-bond donors (Lipinski definition) is 3. The molecule has 0 aliphatic carbocycles. The SMILES string of the molecule is CC(C)(C)CC(=O)Nc1cncc(-c2cnc3n[nH]c(-c4cc5c(-c6cccc(F)c6)ccnc5[nH]4)c3c2)c1. The summed E-state index contributed by atoms with van der Waals surface area (Å²) >= 11 is 0. The Labute approximate surface area is 223 Å². The van der Waals surface area contributed by atoms with Gasteiger partial charge in [0.05, 0.1) is 23.3 Å². The van der Waals surface area contributed by atoms with Crippen LogP contribution in [0.1, 0.15) is 27.2 Å². The lowest BCUT2D eigenvalue weighted by Gasteiger charge is -2.17. The molecular formula is C30H26FN7O. The molecule has 0 unspecified atom stereocenters. The van der Waals surface area contributed by atoms with Gasteiger partial charge in [0.15, 0.2) is 5.65 Å². The first kappa shape index (κ1) is 24.4. The minimum Gasteiger partial charge on any atom is -0.338 e. The highest BCUT2D eigenvalue weighted by Gasteiger charge is 2.18. The highest BCUT2D eigenvalue weighted by Crippen LogP contribution is 2.34. The summed E-state index contributed by atoms with van der Waals surface area (Å²) in [5.41, 5.74) is 6.59. The largest absolute Gasteiger partial charge is 0.338 e. The van der Waals surface area contributed by atoms with Crippen LogP contribution in [0, 0.1) is 11.2 Å². The van der Waals surface area contributed by atoms with E-state index in [4.69, 9.17) is 0 Å². The van der Waals surface area contributed by atoms with Crippen LogP contribution < -0.4 is 5.32 Å². The second kappa shape index (κ2) is 9.43. The quantitative estimate of drug-likeness (QED) is 0.233. The van der Waals surface area contributed by atoms with Gasteiger partial charge in [-0.1, -0.05) is 32.9 Å². The number of pyridine rings is 3. The van der Waals surface area contributed by atoms with Crippen LogP contribution >= 0.6 is 0 Å². The number of carbonyl (C=O) groups excluding carboxylic acids is 1. The minimum absolute atomic E-state index is 0.0582. The molecule has 0 radical (unpaired) electrons. The van der Waals surface area contributed by atoms with E-state index in [9.17, 15) is 9.18 Å². The molecule has 0 fully saturated rings. The zero-order chi connectivity index (χ0) is 27.1. The summed E-state index contributed by atoms with van der Waals surface area (Å²) < 4.78 is 13.9. The number of anilines is 1. The van der Waals surface area contributed by atoms with Crippen molar-refractivity contribution in [1.82, 2.24) is 30.1 Å². The van der Waals surface area contributed by atoms with E-state index in [1.165, 1.54) is 12.1 Å². The third-order valence-corrected chi connectivity index (χ3v) is 6.39. The molecule has 1 aromatic carbocycles. The Morgan fingerprint density at radius 1 is 0.949 bits per heavy atom. The van der Waals surface area contributed by atoms with E-state index in [0.717, 1.165) is 44.4 Å². The highest BCUT2D eigenvalue weighted by atomic mass is 19.1. The molecule has 194 valence electrons. The van der Waals surface area contributed by atoms with Gasteiger partial charge in [-0.25, -0.2) is 14.4 Å². The number of amides is 1. The number of benzene rings is 1. The van der Waals surface area contributed by atoms with Gasteiger partial charge in [-0.15, -0.1) is 0 Å². The zero-order valence-corrected chi connectivity index (χ0v) is 21.7. The molecular weight excluding hydrogens is 493 g/mol. The number of nitrogens with one attached hydrogen (secondary N) is 3. The second-order valence-corrected chi connectivity index (χ2v) is 10.8. The van der Waals surface area contributed by atoms with E-state index < -0.39 is 0 Å². The van der Waals surface area contributed by atoms with Crippen LogP contribution in [-0.2, 0) is 4.79 Å². The summed E-state index contributed by atoms with van der Waals surface area (Å²) in [5.74, 6) is -0.351. The monoisotopic (exact) mass is 519 g/mol. The molecule has 0 atom stereocenters. The predicted molar refractivity (Wildman–Crippen MR) is 150 cm³/mol. The fourth-order valence-electron chi connectivity index (χ4n) is 4.69. The minimum atomic E-state index is -0.293. The van der Waals surface area contributed by atoms with E-state index in [2.05, 4.69) is 35.5 Å². The van der Waals surface area contributed by atoms with Crippen LogP contribution in [0.4, 0.5) is 10.1 Å². The average Bonchev–Trinajstić information content (AvgIpc) is 3.51. The van der Waals surface area contributed by atoms with E-state index in [-0.39, 0.29) is 17.1 Å². The number of aromatic nitrogens is 6. The highest BCUT2D eigenvalue weighted by molar-refractivity contribution is 6.00. The van der Waals surface area contributed by atoms with Gasteiger partial charge in [0.1, 0.15) is 11.5 Å².